The van der Waals surface area contributed by atoms with Gasteiger partial charge in [0, 0.05) is 26.2 Å². The van der Waals surface area contributed by atoms with E-state index in [9.17, 15) is 0 Å². The summed E-state index contributed by atoms with van der Waals surface area (Å²) >= 11 is 0. The van der Waals surface area contributed by atoms with Gasteiger partial charge in [-0.2, -0.15) is 0 Å². The normalized spacial score (nSPS) is 19.0. The maximum Gasteiger partial charge on any atom is 0.0991 e. The molecule has 0 N–H and O–H groups in total. The highest BCUT2D eigenvalue weighted by atomic mass is 16.5. The summed E-state index contributed by atoms with van der Waals surface area (Å²) < 4.78 is 11.3. The topological polar surface area (TPSA) is 24.9 Å². The van der Waals surface area contributed by atoms with E-state index in [1.807, 2.05) is 0 Å². The van der Waals surface area contributed by atoms with Crippen LogP contribution in [0.25, 0.3) is 0 Å². The molecule has 0 aliphatic carbocycles. The minimum absolute atomic E-state index is 0.621. The number of hydrogen-bond donors (Lipinski definition) is 0. The summed E-state index contributed by atoms with van der Waals surface area (Å²) in [7, 11) is 0. The molecular formula is C14H30N2O2. The van der Waals surface area contributed by atoms with Crippen molar-refractivity contribution in [2.75, 3.05) is 52.9 Å². The second kappa shape index (κ2) is 8.86. The van der Waals surface area contributed by atoms with Gasteiger partial charge in [0.1, 0.15) is 0 Å². The van der Waals surface area contributed by atoms with E-state index in [1.165, 1.54) is 0 Å². The van der Waals surface area contributed by atoms with Crippen LogP contribution >= 0.6 is 0 Å². The zero-order valence-electron chi connectivity index (χ0n) is 12.5. The lowest BCUT2D eigenvalue weighted by atomic mass is 10.2. The van der Waals surface area contributed by atoms with Crippen molar-refractivity contribution < 1.29 is 9.47 Å². The van der Waals surface area contributed by atoms with E-state index < -0.39 is 0 Å². The molecule has 0 spiro atoms. The lowest BCUT2D eigenvalue weighted by Gasteiger charge is -2.34. The highest BCUT2D eigenvalue weighted by Gasteiger charge is 2.16. The maximum absolute atomic E-state index is 5.66. The highest BCUT2D eigenvalue weighted by molar-refractivity contribution is 4.68. The molecule has 108 valence electrons. The molecule has 0 amide bonds. The van der Waals surface area contributed by atoms with Crippen LogP contribution in [0, 0.1) is 11.8 Å². The molecule has 0 aromatic heterocycles. The highest BCUT2D eigenvalue weighted by Crippen LogP contribution is 2.03. The maximum atomic E-state index is 5.66. The average molecular weight is 258 g/mol. The first kappa shape index (κ1) is 15.9. The van der Waals surface area contributed by atoms with Crippen molar-refractivity contribution in [3.05, 3.63) is 0 Å². The molecule has 0 atom stereocenters. The standard InChI is InChI=1S/C14H30N2O2/c1-13(2)9-17-11-15-5-7-16(8-6-15)12-18-10-14(3)4/h13-14H,5-12H2,1-4H3. The van der Waals surface area contributed by atoms with Gasteiger partial charge in [-0.1, -0.05) is 27.7 Å². The van der Waals surface area contributed by atoms with E-state index in [4.69, 9.17) is 9.47 Å². The van der Waals surface area contributed by atoms with Crippen LogP contribution in [0.5, 0.6) is 0 Å². The van der Waals surface area contributed by atoms with Crippen molar-refractivity contribution in [2.24, 2.45) is 11.8 Å². The number of ether oxygens (including phenoxy) is 2. The van der Waals surface area contributed by atoms with E-state index in [2.05, 4.69) is 37.5 Å². The molecule has 1 rings (SSSR count). The van der Waals surface area contributed by atoms with Crippen LogP contribution in [0.4, 0.5) is 0 Å². The largest absolute Gasteiger partial charge is 0.366 e. The monoisotopic (exact) mass is 258 g/mol. The van der Waals surface area contributed by atoms with Gasteiger partial charge in [-0.25, -0.2) is 0 Å². The van der Waals surface area contributed by atoms with Crippen LogP contribution in [0.15, 0.2) is 0 Å². The molecule has 4 heteroatoms. The Labute approximate surface area is 112 Å². The SMILES string of the molecule is CC(C)COCN1CCN(COCC(C)C)CC1. The van der Waals surface area contributed by atoms with Gasteiger partial charge in [0.2, 0.25) is 0 Å². The molecule has 4 nitrogen and oxygen atoms in total. The quantitative estimate of drug-likeness (QED) is 0.663. The summed E-state index contributed by atoms with van der Waals surface area (Å²) in [5, 5.41) is 0. The molecule has 1 aliphatic heterocycles. The third kappa shape index (κ3) is 7.31. The lowest BCUT2D eigenvalue weighted by molar-refractivity contribution is -0.0402. The molecule has 0 radical (unpaired) electrons. The van der Waals surface area contributed by atoms with Crippen LogP contribution < -0.4 is 0 Å². The summed E-state index contributed by atoms with van der Waals surface area (Å²) in [6, 6.07) is 0. The predicted molar refractivity (Wildman–Crippen MR) is 74.5 cm³/mol. The Bertz CT molecular complexity index is 180. The zero-order valence-corrected chi connectivity index (χ0v) is 12.5. The third-order valence-corrected chi connectivity index (χ3v) is 2.92. The summed E-state index contributed by atoms with van der Waals surface area (Å²) in [6.45, 7) is 16.4. The van der Waals surface area contributed by atoms with Crippen molar-refractivity contribution in [3.8, 4) is 0 Å². The van der Waals surface area contributed by atoms with Gasteiger partial charge >= 0.3 is 0 Å². The van der Waals surface area contributed by atoms with Gasteiger partial charge in [-0.3, -0.25) is 9.80 Å². The molecule has 0 aromatic carbocycles. The fourth-order valence-corrected chi connectivity index (χ4v) is 1.88. The van der Waals surface area contributed by atoms with Crippen molar-refractivity contribution in [1.29, 1.82) is 0 Å². The Morgan fingerprint density at radius 1 is 0.722 bits per heavy atom. The zero-order chi connectivity index (χ0) is 13.4. The summed E-state index contributed by atoms with van der Waals surface area (Å²) in [5.41, 5.74) is 0. The first-order valence-corrected chi connectivity index (χ1v) is 7.18. The molecule has 18 heavy (non-hydrogen) atoms. The Balaban J connectivity index is 2.02. The van der Waals surface area contributed by atoms with Crippen molar-refractivity contribution in [1.82, 2.24) is 9.80 Å². The minimum Gasteiger partial charge on any atom is -0.366 e. The Hall–Kier alpha value is -0.160. The number of nitrogens with zero attached hydrogens (tertiary/aromatic N) is 2. The van der Waals surface area contributed by atoms with Crippen LogP contribution in [-0.2, 0) is 9.47 Å². The van der Waals surface area contributed by atoms with Gasteiger partial charge in [-0.05, 0) is 11.8 Å². The van der Waals surface area contributed by atoms with Gasteiger partial charge in [0.15, 0.2) is 0 Å². The Morgan fingerprint density at radius 2 is 1.06 bits per heavy atom. The lowest BCUT2D eigenvalue weighted by Crippen LogP contribution is -2.47. The first-order chi connectivity index (χ1) is 8.58. The molecule has 1 saturated heterocycles. The summed E-state index contributed by atoms with van der Waals surface area (Å²) in [5.74, 6) is 1.24. The minimum atomic E-state index is 0.621. The smallest absolute Gasteiger partial charge is 0.0991 e. The Kier molecular flexibility index (Phi) is 7.82. The predicted octanol–water partition coefficient (Wildman–Crippen LogP) is 1.86. The van der Waals surface area contributed by atoms with E-state index in [1.54, 1.807) is 0 Å². The average Bonchev–Trinajstić information content (AvgIpc) is 2.30. The molecule has 0 unspecified atom stereocenters. The number of hydrogen-bond acceptors (Lipinski definition) is 4. The second-order valence-corrected chi connectivity index (χ2v) is 6.02. The molecule has 0 aromatic rings. The third-order valence-electron chi connectivity index (χ3n) is 2.92. The Morgan fingerprint density at radius 3 is 1.33 bits per heavy atom. The van der Waals surface area contributed by atoms with Gasteiger partial charge in [0.05, 0.1) is 26.7 Å². The van der Waals surface area contributed by atoms with Gasteiger partial charge in [-0.15, -0.1) is 0 Å². The molecule has 0 saturated carbocycles. The van der Waals surface area contributed by atoms with Crippen LogP contribution in [0.2, 0.25) is 0 Å². The first-order valence-electron chi connectivity index (χ1n) is 7.18. The second-order valence-electron chi connectivity index (χ2n) is 6.02. The molecule has 1 aliphatic rings. The fraction of sp³-hybridized carbons (Fsp3) is 1.00. The fourth-order valence-electron chi connectivity index (χ4n) is 1.88. The van der Waals surface area contributed by atoms with E-state index in [-0.39, 0.29) is 0 Å². The molecular weight excluding hydrogens is 228 g/mol. The van der Waals surface area contributed by atoms with Crippen LogP contribution in [0.3, 0.4) is 0 Å². The summed E-state index contributed by atoms with van der Waals surface area (Å²) in [4.78, 5) is 4.75. The van der Waals surface area contributed by atoms with Gasteiger partial charge in [0.25, 0.3) is 0 Å². The molecule has 1 heterocycles. The number of rotatable bonds is 8. The number of piperazine rings is 1. The van der Waals surface area contributed by atoms with Crippen molar-refractivity contribution >= 4 is 0 Å². The molecule has 0 bridgehead atoms. The molecule has 1 fully saturated rings. The van der Waals surface area contributed by atoms with Crippen molar-refractivity contribution in [3.63, 3.8) is 0 Å². The van der Waals surface area contributed by atoms with E-state index in [0.29, 0.717) is 11.8 Å². The van der Waals surface area contributed by atoms with Crippen LogP contribution in [0.1, 0.15) is 27.7 Å². The van der Waals surface area contributed by atoms with Crippen molar-refractivity contribution in [2.45, 2.75) is 27.7 Å². The van der Waals surface area contributed by atoms with E-state index in [0.717, 1.165) is 52.9 Å². The van der Waals surface area contributed by atoms with Gasteiger partial charge < -0.3 is 9.47 Å². The summed E-state index contributed by atoms with van der Waals surface area (Å²) in [6.07, 6.45) is 0. The van der Waals surface area contributed by atoms with E-state index >= 15 is 0 Å². The van der Waals surface area contributed by atoms with Crippen LogP contribution in [-0.4, -0.2) is 62.7 Å².